The standard InChI is InChI=1S/C9H10F2N2O.C2H6/c1-6-2-4-7(5-3-6)9(10,11)8(12)13-14;1-2/h2-5,14H,1H3,(H2,12,13);1-2H3. The van der Waals surface area contributed by atoms with E-state index in [2.05, 4.69) is 5.16 Å². The Bertz CT molecular complexity index is 348. The van der Waals surface area contributed by atoms with E-state index in [1.807, 2.05) is 13.8 Å². The Kier molecular flexibility index (Phi) is 5.42. The summed E-state index contributed by atoms with van der Waals surface area (Å²) in [5, 5.41) is 10.5. The lowest BCUT2D eigenvalue weighted by molar-refractivity contribution is 0.0699. The van der Waals surface area contributed by atoms with Crippen LogP contribution in [0.4, 0.5) is 8.78 Å². The second-order valence-electron chi connectivity index (χ2n) is 2.93. The third-order valence-electron chi connectivity index (χ3n) is 1.84. The van der Waals surface area contributed by atoms with Crippen LogP contribution in [0.1, 0.15) is 25.0 Å². The van der Waals surface area contributed by atoms with Gasteiger partial charge in [0.25, 0.3) is 0 Å². The molecule has 90 valence electrons. The molecule has 0 aliphatic heterocycles. The molecule has 1 aromatic carbocycles. The largest absolute Gasteiger partial charge is 0.409 e. The molecule has 0 aliphatic carbocycles. The molecule has 0 fully saturated rings. The lowest BCUT2D eigenvalue weighted by Crippen LogP contribution is -2.33. The van der Waals surface area contributed by atoms with Gasteiger partial charge in [-0.05, 0) is 6.92 Å². The molecule has 0 radical (unpaired) electrons. The van der Waals surface area contributed by atoms with Crippen LogP contribution in [0.5, 0.6) is 0 Å². The number of benzene rings is 1. The summed E-state index contributed by atoms with van der Waals surface area (Å²) < 4.78 is 26.5. The number of nitrogens with zero attached hydrogens (tertiary/aromatic N) is 1. The van der Waals surface area contributed by atoms with Crippen LogP contribution >= 0.6 is 0 Å². The molecular weight excluding hydrogens is 214 g/mol. The molecule has 0 amide bonds. The van der Waals surface area contributed by atoms with Crippen molar-refractivity contribution in [3.05, 3.63) is 35.4 Å². The molecule has 1 aromatic rings. The predicted octanol–water partition coefficient (Wildman–Crippen LogP) is 2.86. The highest BCUT2D eigenvalue weighted by atomic mass is 19.3. The fourth-order valence-electron chi connectivity index (χ4n) is 0.974. The van der Waals surface area contributed by atoms with Gasteiger partial charge in [-0.3, -0.25) is 0 Å². The molecule has 0 bridgehead atoms. The molecule has 0 saturated carbocycles. The Hall–Kier alpha value is -1.65. The number of amidine groups is 1. The molecule has 1 rings (SSSR count). The first-order valence-electron chi connectivity index (χ1n) is 4.91. The fourth-order valence-corrected chi connectivity index (χ4v) is 0.974. The summed E-state index contributed by atoms with van der Waals surface area (Å²) in [5.41, 5.74) is 5.44. The number of hydrogen-bond acceptors (Lipinski definition) is 2. The highest BCUT2D eigenvalue weighted by Crippen LogP contribution is 2.27. The first-order chi connectivity index (χ1) is 7.48. The van der Waals surface area contributed by atoms with Crippen molar-refractivity contribution in [1.82, 2.24) is 0 Å². The summed E-state index contributed by atoms with van der Waals surface area (Å²) in [7, 11) is 0. The van der Waals surface area contributed by atoms with E-state index < -0.39 is 11.8 Å². The fraction of sp³-hybridized carbons (Fsp3) is 0.364. The van der Waals surface area contributed by atoms with Crippen LogP contribution in [0.25, 0.3) is 0 Å². The topological polar surface area (TPSA) is 58.6 Å². The molecule has 3 N–H and O–H groups in total. The minimum atomic E-state index is -3.43. The molecule has 0 atom stereocenters. The highest BCUT2D eigenvalue weighted by molar-refractivity contribution is 5.87. The molecule has 0 aromatic heterocycles. The molecule has 0 saturated heterocycles. The first kappa shape index (κ1) is 14.3. The van der Waals surface area contributed by atoms with Crippen LogP contribution in [0, 0.1) is 6.92 Å². The Balaban J connectivity index is 0.00000106. The van der Waals surface area contributed by atoms with Crippen LogP contribution in [-0.2, 0) is 5.92 Å². The molecule has 0 heterocycles. The van der Waals surface area contributed by atoms with Crippen LogP contribution in [0.15, 0.2) is 29.4 Å². The second kappa shape index (κ2) is 6.05. The maximum absolute atomic E-state index is 13.3. The van der Waals surface area contributed by atoms with Crippen molar-refractivity contribution in [2.45, 2.75) is 26.7 Å². The number of halogens is 2. The van der Waals surface area contributed by atoms with Gasteiger partial charge in [0.2, 0.25) is 5.84 Å². The average molecular weight is 230 g/mol. The highest BCUT2D eigenvalue weighted by Gasteiger charge is 2.37. The van der Waals surface area contributed by atoms with E-state index in [4.69, 9.17) is 10.9 Å². The van der Waals surface area contributed by atoms with Gasteiger partial charge in [-0.1, -0.05) is 48.8 Å². The van der Waals surface area contributed by atoms with Crippen molar-refractivity contribution >= 4 is 5.84 Å². The van der Waals surface area contributed by atoms with E-state index in [9.17, 15) is 8.78 Å². The van der Waals surface area contributed by atoms with E-state index in [-0.39, 0.29) is 5.56 Å². The van der Waals surface area contributed by atoms with Crippen LogP contribution in [0.2, 0.25) is 0 Å². The summed E-state index contributed by atoms with van der Waals surface area (Å²) in [4.78, 5) is 0. The zero-order valence-corrected chi connectivity index (χ0v) is 9.54. The molecular formula is C11H16F2N2O. The summed E-state index contributed by atoms with van der Waals surface area (Å²) in [5.74, 6) is -4.54. The molecule has 5 heteroatoms. The van der Waals surface area contributed by atoms with Gasteiger partial charge in [0.15, 0.2) is 0 Å². The number of aryl methyl sites for hydroxylation is 1. The number of rotatable bonds is 2. The van der Waals surface area contributed by atoms with Gasteiger partial charge >= 0.3 is 5.92 Å². The number of alkyl halides is 2. The van der Waals surface area contributed by atoms with E-state index in [0.717, 1.165) is 5.56 Å². The summed E-state index contributed by atoms with van der Waals surface area (Å²) >= 11 is 0. The Morgan fingerprint density at radius 1 is 1.25 bits per heavy atom. The zero-order valence-electron chi connectivity index (χ0n) is 9.54. The second-order valence-corrected chi connectivity index (χ2v) is 2.93. The quantitative estimate of drug-likeness (QED) is 0.355. The number of nitrogens with two attached hydrogens (primary N) is 1. The van der Waals surface area contributed by atoms with Crippen molar-refractivity contribution in [3.63, 3.8) is 0 Å². The monoisotopic (exact) mass is 230 g/mol. The van der Waals surface area contributed by atoms with Crippen molar-refractivity contribution in [3.8, 4) is 0 Å². The van der Waals surface area contributed by atoms with Crippen molar-refractivity contribution in [1.29, 1.82) is 0 Å². The van der Waals surface area contributed by atoms with Crippen LogP contribution in [-0.4, -0.2) is 11.0 Å². The van der Waals surface area contributed by atoms with Crippen molar-refractivity contribution in [2.24, 2.45) is 10.9 Å². The number of oxime groups is 1. The molecule has 0 spiro atoms. The molecule has 0 unspecified atom stereocenters. The first-order valence-corrected chi connectivity index (χ1v) is 4.91. The molecule has 3 nitrogen and oxygen atoms in total. The van der Waals surface area contributed by atoms with E-state index >= 15 is 0 Å². The van der Waals surface area contributed by atoms with Gasteiger partial charge < -0.3 is 10.9 Å². The summed E-state index contributed by atoms with van der Waals surface area (Å²) in [6.07, 6.45) is 0. The van der Waals surface area contributed by atoms with Gasteiger partial charge in [-0.25, -0.2) is 0 Å². The third-order valence-corrected chi connectivity index (χ3v) is 1.84. The number of hydrogen-bond donors (Lipinski definition) is 2. The minimum Gasteiger partial charge on any atom is -0.409 e. The minimum absolute atomic E-state index is 0.293. The van der Waals surface area contributed by atoms with Crippen LogP contribution in [0.3, 0.4) is 0 Å². The van der Waals surface area contributed by atoms with Crippen LogP contribution < -0.4 is 5.73 Å². The third kappa shape index (κ3) is 3.18. The van der Waals surface area contributed by atoms with Gasteiger partial charge in [-0.15, -0.1) is 0 Å². The summed E-state index contributed by atoms with van der Waals surface area (Å²) in [6.45, 7) is 5.78. The smallest absolute Gasteiger partial charge is 0.332 e. The lowest BCUT2D eigenvalue weighted by atomic mass is 10.1. The van der Waals surface area contributed by atoms with Crippen molar-refractivity contribution < 1.29 is 14.0 Å². The van der Waals surface area contributed by atoms with E-state index in [0.29, 0.717) is 0 Å². The van der Waals surface area contributed by atoms with Gasteiger partial charge in [0.1, 0.15) is 0 Å². The Morgan fingerprint density at radius 3 is 2.06 bits per heavy atom. The van der Waals surface area contributed by atoms with Gasteiger partial charge in [0, 0.05) is 5.56 Å². The molecule has 16 heavy (non-hydrogen) atoms. The lowest BCUT2D eigenvalue weighted by Gasteiger charge is -2.14. The summed E-state index contributed by atoms with van der Waals surface area (Å²) in [6, 6.07) is 5.56. The predicted molar refractivity (Wildman–Crippen MR) is 59.8 cm³/mol. The van der Waals surface area contributed by atoms with Gasteiger partial charge in [-0.2, -0.15) is 8.78 Å². The Morgan fingerprint density at radius 2 is 1.69 bits per heavy atom. The average Bonchev–Trinajstić information content (AvgIpc) is 2.31. The SMILES string of the molecule is CC.Cc1ccc(C(F)(F)/C(N)=N/O)cc1. The maximum Gasteiger partial charge on any atom is 0.332 e. The molecule has 0 aliphatic rings. The van der Waals surface area contributed by atoms with E-state index in [1.54, 1.807) is 6.92 Å². The maximum atomic E-state index is 13.3. The van der Waals surface area contributed by atoms with E-state index in [1.165, 1.54) is 24.3 Å². The normalized spacial score (nSPS) is 11.7. The Labute approximate surface area is 93.6 Å². The van der Waals surface area contributed by atoms with Gasteiger partial charge in [0.05, 0.1) is 0 Å². The zero-order chi connectivity index (χ0) is 12.8. The van der Waals surface area contributed by atoms with Crippen molar-refractivity contribution in [2.75, 3.05) is 0 Å².